The van der Waals surface area contributed by atoms with Crippen LogP contribution in [0.5, 0.6) is 5.75 Å². The van der Waals surface area contributed by atoms with E-state index in [0.717, 1.165) is 43.6 Å². The molecule has 0 bridgehead atoms. The van der Waals surface area contributed by atoms with E-state index in [-0.39, 0.29) is 11.6 Å². The van der Waals surface area contributed by atoms with E-state index >= 15 is 0 Å². The number of halogens is 2. The number of nitrogens with zero attached hydrogens (tertiary/aromatic N) is 3. The summed E-state index contributed by atoms with van der Waals surface area (Å²) >= 11 is 6.25. The molecule has 0 aliphatic carbocycles. The Balaban J connectivity index is 1.72. The zero-order valence-corrected chi connectivity index (χ0v) is 20.8. The third kappa shape index (κ3) is 6.36. The van der Waals surface area contributed by atoms with E-state index in [0.29, 0.717) is 33.5 Å². The molecule has 0 amide bonds. The van der Waals surface area contributed by atoms with Crippen LogP contribution in [-0.4, -0.2) is 42.8 Å². The largest absolute Gasteiger partial charge is 0.482 e. The number of benzene rings is 1. The van der Waals surface area contributed by atoms with Crippen molar-refractivity contribution in [3.63, 3.8) is 0 Å². The SMILES string of the molecule is C=C(N)CN1CC(CC/C=C(\C=NC)c2cnc(N)c(OC(C)c3c(Cl)ccc(C)c3F)c2)C1. The van der Waals surface area contributed by atoms with Crippen LogP contribution >= 0.6 is 11.6 Å². The lowest BCUT2D eigenvalue weighted by atomic mass is 9.93. The molecular weight excluding hydrogens is 453 g/mol. The summed E-state index contributed by atoms with van der Waals surface area (Å²) in [5.41, 5.74) is 15.0. The number of allylic oxidation sites excluding steroid dienone is 2. The topological polar surface area (TPSA) is 89.8 Å². The second-order valence-electron chi connectivity index (χ2n) is 8.80. The monoisotopic (exact) mass is 485 g/mol. The van der Waals surface area contributed by atoms with Crippen molar-refractivity contribution in [2.24, 2.45) is 16.6 Å². The van der Waals surface area contributed by atoms with Crippen molar-refractivity contribution in [3.05, 3.63) is 70.3 Å². The van der Waals surface area contributed by atoms with Gasteiger partial charge < -0.3 is 16.2 Å². The molecule has 1 aliphatic rings. The lowest BCUT2D eigenvalue weighted by Crippen LogP contribution is -2.47. The van der Waals surface area contributed by atoms with Crippen molar-refractivity contribution >= 4 is 29.2 Å². The Kier molecular flexibility index (Phi) is 8.69. The molecule has 8 heteroatoms. The number of hydrogen-bond donors (Lipinski definition) is 2. The number of ether oxygens (including phenoxy) is 1. The molecule has 4 N–H and O–H groups in total. The summed E-state index contributed by atoms with van der Waals surface area (Å²) in [4.78, 5) is 10.8. The van der Waals surface area contributed by atoms with Crippen LogP contribution in [-0.2, 0) is 0 Å². The quantitative estimate of drug-likeness (QED) is 0.453. The second kappa shape index (κ2) is 11.5. The standard InChI is InChI=1S/C26H33ClFN5O/c1-16-8-9-22(27)24(25(16)28)18(3)34-23-10-21(12-32-26(23)30)20(11-31-4)7-5-6-19-14-33(15-19)13-17(2)29/h7-12,18-19H,2,5-6,13-15,29H2,1,3-4H3,(H2,30,32)/b20-7+,31-11?. The third-order valence-electron chi connectivity index (χ3n) is 5.91. The summed E-state index contributed by atoms with van der Waals surface area (Å²) in [6.45, 7) is 10.0. The Morgan fingerprint density at radius 3 is 2.85 bits per heavy atom. The number of pyridine rings is 1. The van der Waals surface area contributed by atoms with Gasteiger partial charge in [-0.05, 0) is 55.9 Å². The van der Waals surface area contributed by atoms with Crippen LogP contribution in [0.25, 0.3) is 5.57 Å². The maximum absolute atomic E-state index is 14.7. The van der Waals surface area contributed by atoms with Gasteiger partial charge >= 0.3 is 0 Å². The van der Waals surface area contributed by atoms with E-state index in [1.165, 1.54) is 0 Å². The zero-order valence-electron chi connectivity index (χ0n) is 20.0. The highest BCUT2D eigenvalue weighted by Gasteiger charge is 2.25. The zero-order chi connectivity index (χ0) is 24.8. The summed E-state index contributed by atoms with van der Waals surface area (Å²) in [7, 11) is 1.73. The minimum Gasteiger partial charge on any atom is -0.482 e. The summed E-state index contributed by atoms with van der Waals surface area (Å²) in [6, 6.07) is 5.12. The van der Waals surface area contributed by atoms with E-state index in [1.807, 2.05) is 6.07 Å². The number of anilines is 1. The van der Waals surface area contributed by atoms with E-state index in [1.54, 1.807) is 45.4 Å². The molecule has 182 valence electrons. The molecule has 1 unspecified atom stereocenters. The Morgan fingerprint density at radius 2 is 2.18 bits per heavy atom. The Bertz CT molecular complexity index is 1090. The number of likely N-dealkylation sites (tertiary alicyclic amines) is 1. The first-order valence-corrected chi connectivity index (χ1v) is 11.7. The molecule has 2 heterocycles. The fourth-order valence-electron chi connectivity index (χ4n) is 4.14. The van der Waals surface area contributed by atoms with Gasteiger partial charge in [-0.25, -0.2) is 9.37 Å². The maximum Gasteiger partial charge on any atom is 0.166 e. The van der Waals surface area contributed by atoms with Gasteiger partial charge in [0.25, 0.3) is 0 Å². The summed E-state index contributed by atoms with van der Waals surface area (Å²) in [5.74, 6) is 0.859. The number of aromatic nitrogens is 1. The van der Waals surface area contributed by atoms with Crippen molar-refractivity contribution in [1.82, 2.24) is 9.88 Å². The summed E-state index contributed by atoms with van der Waals surface area (Å²) in [6.07, 6.45) is 6.97. The molecule has 1 saturated heterocycles. The van der Waals surface area contributed by atoms with Crippen LogP contribution in [0, 0.1) is 18.7 Å². The molecule has 3 rings (SSSR count). The van der Waals surface area contributed by atoms with Crippen molar-refractivity contribution in [2.45, 2.75) is 32.8 Å². The fourth-order valence-corrected chi connectivity index (χ4v) is 4.44. The van der Waals surface area contributed by atoms with Crippen molar-refractivity contribution in [3.8, 4) is 5.75 Å². The van der Waals surface area contributed by atoms with Gasteiger partial charge in [-0.3, -0.25) is 9.89 Å². The van der Waals surface area contributed by atoms with Gasteiger partial charge in [-0.1, -0.05) is 30.3 Å². The van der Waals surface area contributed by atoms with Gasteiger partial charge in [-0.15, -0.1) is 0 Å². The Hall–Kier alpha value is -2.90. The van der Waals surface area contributed by atoms with Crippen LogP contribution in [0.4, 0.5) is 10.2 Å². The average Bonchev–Trinajstić information content (AvgIpc) is 2.75. The van der Waals surface area contributed by atoms with E-state index in [4.69, 9.17) is 27.8 Å². The predicted octanol–water partition coefficient (Wildman–Crippen LogP) is 5.17. The van der Waals surface area contributed by atoms with Gasteiger partial charge in [0, 0.05) is 55.9 Å². The van der Waals surface area contributed by atoms with Gasteiger partial charge in [0.1, 0.15) is 11.9 Å². The van der Waals surface area contributed by atoms with Crippen molar-refractivity contribution in [2.75, 3.05) is 32.4 Å². The van der Waals surface area contributed by atoms with Crippen molar-refractivity contribution in [1.29, 1.82) is 0 Å². The smallest absolute Gasteiger partial charge is 0.166 e. The van der Waals surface area contributed by atoms with Crippen LogP contribution in [0.15, 0.2) is 47.7 Å². The van der Waals surface area contributed by atoms with Gasteiger partial charge in [-0.2, -0.15) is 0 Å². The molecular formula is C26H33ClFN5O. The molecule has 1 atom stereocenters. The molecule has 1 fully saturated rings. The summed E-state index contributed by atoms with van der Waals surface area (Å²) < 4.78 is 20.7. The molecule has 1 aromatic heterocycles. The number of hydrogen-bond acceptors (Lipinski definition) is 6. The highest BCUT2D eigenvalue weighted by molar-refractivity contribution is 6.31. The van der Waals surface area contributed by atoms with Crippen LogP contribution in [0.2, 0.25) is 5.02 Å². The Morgan fingerprint density at radius 1 is 1.44 bits per heavy atom. The molecule has 2 aromatic rings. The number of aliphatic imine (C=N–C) groups is 1. The highest BCUT2D eigenvalue weighted by Crippen LogP contribution is 2.34. The molecule has 0 saturated carbocycles. The number of nitrogens with two attached hydrogens (primary N) is 2. The Labute approximate surface area is 206 Å². The van der Waals surface area contributed by atoms with Gasteiger partial charge in [0.05, 0.1) is 5.02 Å². The molecule has 34 heavy (non-hydrogen) atoms. The number of aryl methyl sites for hydroxylation is 1. The normalized spacial score (nSPS) is 16.0. The van der Waals surface area contributed by atoms with E-state index < -0.39 is 6.10 Å². The molecule has 0 radical (unpaired) electrons. The number of rotatable bonds is 10. The predicted molar refractivity (Wildman–Crippen MR) is 139 cm³/mol. The maximum atomic E-state index is 14.7. The molecule has 6 nitrogen and oxygen atoms in total. The van der Waals surface area contributed by atoms with Crippen LogP contribution in [0.3, 0.4) is 0 Å². The minimum atomic E-state index is -0.648. The third-order valence-corrected chi connectivity index (χ3v) is 6.24. The molecule has 1 aliphatic heterocycles. The average molecular weight is 486 g/mol. The highest BCUT2D eigenvalue weighted by atomic mass is 35.5. The lowest BCUT2D eigenvalue weighted by molar-refractivity contribution is 0.106. The van der Waals surface area contributed by atoms with Gasteiger partial charge in [0.2, 0.25) is 0 Å². The van der Waals surface area contributed by atoms with E-state index in [2.05, 4.69) is 27.5 Å². The van der Waals surface area contributed by atoms with Gasteiger partial charge in [0.15, 0.2) is 11.6 Å². The van der Waals surface area contributed by atoms with Crippen molar-refractivity contribution < 1.29 is 9.13 Å². The number of nitrogen functional groups attached to an aromatic ring is 1. The summed E-state index contributed by atoms with van der Waals surface area (Å²) in [5, 5.41) is 0.308. The second-order valence-corrected chi connectivity index (χ2v) is 9.21. The molecule has 1 aromatic carbocycles. The lowest BCUT2D eigenvalue weighted by Gasteiger charge is -2.39. The first kappa shape index (κ1) is 25.7. The first-order chi connectivity index (χ1) is 16.2. The molecule has 0 spiro atoms. The van der Waals surface area contributed by atoms with E-state index in [9.17, 15) is 4.39 Å². The minimum absolute atomic E-state index is 0.226. The van der Waals surface area contributed by atoms with Crippen LogP contribution < -0.4 is 16.2 Å². The fraction of sp³-hybridized carbons (Fsp3) is 0.385. The first-order valence-electron chi connectivity index (χ1n) is 11.3. The van der Waals surface area contributed by atoms with Crippen LogP contribution in [0.1, 0.15) is 42.6 Å².